The number of aliphatic hydroxyl groups excluding tert-OH is 1. The molecule has 1 atom stereocenters. The van der Waals surface area contributed by atoms with E-state index in [1.54, 1.807) is 18.3 Å². The molecule has 0 spiro atoms. The first-order valence-electron chi connectivity index (χ1n) is 6.57. The fourth-order valence-corrected chi connectivity index (χ4v) is 2.13. The standard InChI is InChI=1S/C14H22ClN3O2/c1-9(2)11(19)14(3,4)8-17-13(20)18-10-6-5-7-16-12(10)15/h5-7,9,11,19H,8H2,1-4H3,(H2,17,18,20). The lowest BCUT2D eigenvalue weighted by atomic mass is 9.81. The summed E-state index contributed by atoms with van der Waals surface area (Å²) in [5.41, 5.74) is 0.0402. The average molecular weight is 300 g/mol. The number of hydrogen-bond donors (Lipinski definition) is 3. The molecule has 6 heteroatoms. The second-order valence-corrected chi connectivity index (χ2v) is 6.18. The van der Waals surface area contributed by atoms with Crippen LogP contribution in [0.15, 0.2) is 18.3 Å². The number of anilines is 1. The van der Waals surface area contributed by atoms with Crippen molar-refractivity contribution in [1.29, 1.82) is 0 Å². The summed E-state index contributed by atoms with van der Waals surface area (Å²) in [5, 5.41) is 15.7. The minimum absolute atomic E-state index is 0.127. The fraction of sp³-hybridized carbons (Fsp3) is 0.571. The minimum atomic E-state index is -0.496. The van der Waals surface area contributed by atoms with Crippen molar-refractivity contribution in [2.45, 2.75) is 33.8 Å². The van der Waals surface area contributed by atoms with Gasteiger partial charge in [0.05, 0.1) is 11.8 Å². The van der Waals surface area contributed by atoms with Crippen molar-refractivity contribution in [3.8, 4) is 0 Å². The van der Waals surface area contributed by atoms with Gasteiger partial charge in [-0.1, -0.05) is 39.3 Å². The average Bonchev–Trinajstić information content (AvgIpc) is 2.38. The van der Waals surface area contributed by atoms with Gasteiger partial charge in [-0.25, -0.2) is 9.78 Å². The van der Waals surface area contributed by atoms with Gasteiger partial charge in [0.25, 0.3) is 0 Å². The maximum absolute atomic E-state index is 11.8. The van der Waals surface area contributed by atoms with Crippen molar-refractivity contribution in [3.05, 3.63) is 23.5 Å². The highest BCUT2D eigenvalue weighted by Gasteiger charge is 2.30. The fourth-order valence-electron chi connectivity index (χ4n) is 1.96. The van der Waals surface area contributed by atoms with Crippen LogP contribution in [0.1, 0.15) is 27.7 Å². The van der Waals surface area contributed by atoms with E-state index in [0.717, 1.165) is 0 Å². The van der Waals surface area contributed by atoms with Gasteiger partial charge in [-0.05, 0) is 18.1 Å². The Bertz CT molecular complexity index is 463. The molecule has 20 heavy (non-hydrogen) atoms. The molecule has 2 amide bonds. The lowest BCUT2D eigenvalue weighted by molar-refractivity contribution is 0.0154. The molecule has 1 heterocycles. The molecule has 1 rings (SSSR count). The quantitative estimate of drug-likeness (QED) is 0.732. The molecule has 5 nitrogen and oxygen atoms in total. The smallest absolute Gasteiger partial charge is 0.319 e. The Kier molecular flexibility index (Phi) is 5.77. The Morgan fingerprint density at radius 2 is 2.15 bits per heavy atom. The Labute approximate surface area is 124 Å². The third kappa shape index (κ3) is 4.65. The van der Waals surface area contributed by atoms with Crippen molar-refractivity contribution >= 4 is 23.3 Å². The highest BCUT2D eigenvalue weighted by atomic mass is 35.5. The maximum atomic E-state index is 11.8. The molecule has 1 unspecified atom stereocenters. The molecule has 0 saturated carbocycles. The molecule has 0 fully saturated rings. The Hall–Kier alpha value is -1.33. The van der Waals surface area contributed by atoms with Gasteiger partial charge in [-0.3, -0.25) is 0 Å². The second-order valence-electron chi connectivity index (χ2n) is 5.83. The van der Waals surface area contributed by atoms with E-state index in [1.807, 2.05) is 27.7 Å². The number of carbonyl (C=O) groups is 1. The van der Waals surface area contributed by atoms with E-state index in [0.29, 0.717) is 12.2 Å². The summed E-state index contributed by atoms with van der Waals surface area (Å²) in [6, 6.07) is 2.99. The van der Waals surface area contributed by atoms with E-state index in [2.05, 4.69) is 15.6 Å². The molecular formula is C14H22ClN3O2. The van der Waals surface area contributed by atoms with Gasteiger partial charge in [0.15, 0.2) is 5.15 Å². The van der Waals surface area contributed by atoms with Gasteiger partial charge in [0.2, 0.25) is 0 Å². The zero-order chi connectivity index (χ0) is 15.3. The van der Waals surface area contributed by atoms with Gasteiger partial charge in [-0.15, -0.1) is 0 Å². The third-order valence-electron chi connectivity index (χ3n) is 3.14. The number of hydrogen-bond acceptors (Lipinski definition) is 3. The van der Waals surface area contributed by atoms with Gasteiger partial charge in [0, 0.05) is 18.2 Å². The molecule has 0 aliphatic rings. The van der Waals surface area contributed by atoms with E-state index >= 15 is 0 Å². The third-order valence-corrected chi connectivity index (χ3v) is 3.45. The first kappa shape index (κ1) is 16.7. The zero-order valence-corrected chi connectivity index (χ0v) is 13.0. The summed E-state index contributed by atoms with van der Waals surface area (Å²) in [7, 11) is 0. The number of pyridine rings is 1. The first-order valence-corrected chi connectivity index (χ1v) is 6.95. The number of aliphatic hydroxyl groups is 1. The number of rotatable bonds is 5. The molecule has 0 aromatic carbocycles. The van der Waals surface area contributed by atoms with Crippen LogP contribution in [0.25, 0.3) is 0 Å². The number of carbonyl (C=O) groups excluding carboxylic acids is 1. The van der Waals surface area contributed by atoms with Crippen LogP contribution in [0.5, 0.6) is 0 Å². The van der Waals surface area contributed by atoms with Crippen molar-refractivity contribution in [2.24, 2.45) is 11.3 Å². The van der Waals surface area contributed by atoms with E-state index in [1.165, 1.54) is 0 Å². The summed E-state index contributed by atoms with van der Waals surface area (Å²) in [4.78, 5) is 15.7. The SMILES string of the molecule is CC(C)C(O)C(C)(C)CNC(=O)Nc1cccnc1Cl. The molecule has 1 aromatic heterocycles. The van der Waals surface area contributed by atoms with Crippen LogP contribution in [-0.2, 0) is 0 Å². The highest BCUT2D eigenvalue weighted by molar-refractivity contribution is 6.32. The minimum Gasteiger partial charge on any atom is -0.392 e. The zero-order valence-electron chi connectivity index (χ0n) is 12.3. The predicted octanol–water partition coefficient (Wildman–Crippen LogP) is 2.90. The molecule has 0 radical (unpaired) electrons. The lowest BCUT2D eigenvalue weighted by Crippen LogP contribution is -2.44. The van der Waals surface area contributed by atoms with E-state index in [-0.39, 0.29) is 17.1 Å². The van der Waals surface area contributed by atoms with Crippen LogP contribution in [0.2, 0.25) is 5.15 Å². The molecule has 3 N–H and O–H groups in total. The van der Waals surface area contributed by atoms with Gasteiger partial charge < -0.3 is 15.7 Å². The Morgan fingerprint density at radius 3 is 2.70 bits per heavy atom. The molecule has 1 aromatic rings. The Balaban J connectivity index is 2.54. The molecular weight excluding hydrogens is 278 g/mol. The van der Waals surface area contributed by atoms with Gasteiger partial charge in [0.1, 0.15) is 0 Å². The first-order chi connectivity index (χ1) is 9.24. The summed E-state index contributed by atoms with van der Waals surface area (Å²) < 4.78 is 0. The number of nitrogens with zero attached hydrogens (tertiary/aromatic N) is 1. The van der Waals surface area contributed by atoms with E-state index in [9.17, 15) is 9.90 Å². The van der Waals surface area contributed by atoms with Crippen LogP contribution < -0.4 is 10.6 Å². The van der Waals surface area contributed by atoms with Crippen LogP contribution >= 0.6 is 11.6 Å². The summed E-state index contributed by atoms with van der Waals surface area (Å²) in [6.45, 7) is 8.07. The predicted molar refractivity (Wildman–Crippen MR) is 80.9 cm³/mol. The topological polar surface area (TPSA) is 74.2 Å². The lowest BCUT2D eigenvalue weighted by Gasteiger charge is -2.33. The summed E-state index contributed by atoms with van der Waals surface area (Å²) >= 11 is 5.86. The molecule has 0 aliphatic carbocycles. The van der Waals surface area contributed by atoms with E-state index < -0.39 is 11.5 Å². The monoisotopic (exact) mass is 299 g/mol. The van der Waals surface area contributed by atoms with Crippen LogP contribution in [0.3, 0.4) is 0 Å². The number of nitrogens with one attached hydrogen (secondary N) is 2. The summed E-state index contributed by atoms with van der Waals surface area (Å²) in [5.74, 6) is 0.127. The normalized spacial score (nSPS) is 13.2. The Morgan fingerprint density at radius 1 is 1.50 bits per heavy atom. The largest absolute Gasteiger partial charge is 0.392 e. The van der Waals surface area contributed by atoms with Crippen LogP contribution in [0.4, 0.5) is 10.5 Å². The van der Waals surface area contributed by atoms with Crippen molar-refractivity contribution in [2.75, 3.05) is 11.9 Å². The van der Waals surface area contributed by atoms with Crippen molar-refractivity contribution in [1.82, 2.24) is 10.3 Å². The maximum Gasteiger partial charge on any atom is 0.319 e. The number of halogens is 1. The molecule has 112 valence electrons. The van der Waals surface area contributed by atoms with Crippen LogP contribution in [-0.4, -0.2) is 28.8 Å². The van der Waals surface area contributed by atoms with Crippen LogP contribution in [0, 0.1) is 11.3 Å². The number of aromatic nitrogens is 1. The molecule has 0 aliphatic heterocycles. The van der Waals surface area contributed by atoms with E-state index in [4.69, 9.17) is 11.6 Å². The van der Waals surface area contributed by atoms with Gasteiger partial charge >= 0.3 is 6.03 Å². The molecule has 0 bridgehead atoms. The second kappa shape index (κ2) is 6.90. The molecule has 0 saturated heterocycles. The van der Waals surface area contributed by atoms with Crippen molar-refractivity contribution in [3.63, 3.8) is 0 Å². The van der Waals surface area contributed by atoms with Gasteiger partial charge in [-0.2, -0.15) is 0 Å². The number of amides is 2. The number of urea groups is 1. The van der Waals surface area contributed by atoms with Crippen molar-refractivity contribution < 1.29 is 9.90 Å². The summed E-state index contributed by atoms with van der Waals surface area (Å²) in [6.07, 6.45) is 1.05. The highest BCUT2D eigenvalue weighted by Crippen LogP contribution is 2.25.